The molecule has 0 spiro atoms. The molecule has 0 aromatic rings. The van der Waals surface area contributed by atoms with E-state index in [-0.39, 0.29) is 11.8 Å². The summed E-state index contributed by atoms with van der Waals surface area (Å²) < 4.78 is 5.31. The fourth-order valence-corrected chi connectivity index (χ4v) is 3.74. The van der Waals surface area contributed by atoms with Crippen molar-refractivity contribution in [3.8, 4) is 0 Å². The summed E-state index contributed by atoms with van der Waals surface area (Å²) in [6, 6.07) is 0. The summed E-state index contributed by atoms with van der Waals surface area (Å²) >= 11 is 0. The van der Waals surface area contributed by atoms with Crippen molar-refractivity contribution in [2.45, 2.75) is 43.9 Å². The van der Waals surface area contributed by atoms with Crippen molar-refractivity contribution in [1.29, 1.82) is 0 Å². The number of carbonyl (C=O) groups excluding carboxylic acids is 2. The average molecular weight is 277 g/mol. The van der Waals surface area contributed by atoms with Gasteiger partial charge in [-0.05, 0) is 19.8 Å². The summed E-state index contributed by atoms with van der Waals surface area (Å²) in [6.45, 7) is 3.62. The van der Waals surface area contributed by atoms with Gasteiger partial charge in [-0.25, -0.2) is 4.79 Å². The Bertz CT molecular complexity index is 514. The van der Waals surface area contributed by atoms with E-state index in [1.165, 1.54) is 0 Å². The van der Waals surface area contributed by atoms with Crippen LogP contribution < -0.4 is 5.32 Å². The highest BCUT2D eigenvalue weighted by molar-refractivity contribution is 6.01. The molecule has 0 radical (unpaired) electrons. The zero-order chi connectivity index (χ0) is 14.5. The van der Waals surface area contributed by atoms with Gasteiger partial charge in [-0.3, -0.25) is 4.79 Å². The van der Waals surface area contributed by atoms with E-state index in [4.69, 9.17) is 4.74 Å². The van der Waals surface area contributed by atoms with E-state index in [9.17, 15) is 14.7 Å². The second kappa shape index (κ2) is 4.19. The zero-order valence-corrected chi connectivity index (χ0v) is 11.6. The topological polar surface area (TPSA) is 75.6 Å². The molecule has 2 N–H and O–H groups in total. The first-order chi connectivity index (χ1) is 9.47. The predicted molar refractivity (Wildman–Crippen MR) is 71.5 cm³/mol. The molecule has 3 rings (SSSR count). The van der Waals surface area contributed by atoms with Crippen molar-refractivity contribution in [1.82, 2.24) is 5.32 Å². The van der Waals surface area contributed by atoms with Gasteiger partial charge in [-0.1, -0.05) is 31.2 Å². The Balaban J connectivity index is 1.99. The normalized spacial score (nSPS) is 40.9. The number of aliphatic hydroxyl groups is 1. The van der Waals surface area contributed by atoms with Gasteiger partial charge in [0, 0.05) is 5.92 Å². The van der Waals surface area contributed by atoms with Gasteiger partial charge >= 0.3 is 5.97 Å². The van der Waals surface area contributed by atoms with E-state index < -0.39 is 29.1 Å². The van der Waals surface area contributed by atoms with Crippen molar-refractivity contribution in [3.05, 3.63) is 24.3 Å². The number of amides is 1. The lowest BCUT2D eigenvalue weighted by Gasteiger charge is -2.54. The van der Waals surface area contributed by atoms with Crippen LogP contribution in [0, 0.1) is 11.8 Å². The van der Waals surface area contributed by atoms with Gasteiger partial charge in [0.1, 0.15) is 6.10 Å². The molecule has 0 aromatic heterocycles. The van der Waals surface area contributed by atoms with Gasteiger partial charge in [-0.15, -0.1) is 0 Å². The molecule has 1 amide bonds. The molecular formula is C15H19NO4. The average Bonchev–Trinajstić information content (AvgIpc) is 2.62. The number of carbonyl (C=O) groups is 2. The zero-order valence-electron chi connectivity index (χ0n) is 11.6. The largest absolute Gasteiger partial charge is 0.453 e. The minimum absolute atomic E-state index is 0.219. The van der Waals surface area contributed by atoms with Crippen molar-refractivity contribution < 1.29 is 19.4 Å². The van der Waals surface area contributed by atoms with Crippen molar-refractivity contribution in [2.24, 2.45) is 11.8 Å². The number of aliphatic hydroxyl groups excluding tert-OH is 1. The van der Waals surface area contributed by atoms with E-state index in [1.54, 1.807) is 6.92 Å². The van der Waals surface area contributed by atoms with Gasteiger partial charge in [0.2, 0.25) is 11.4 Å². The number of nitrogens with one attached hydrogen (secondary N) is 1. The number of esters is 1. The maximum absolute atomic E-state index is 12.1. The van der Waals surface area contributed by atoms with Crippen LogP contribution in [0.3, 0.4) is 0 Å². The van der Waals surface area contributed by atoms with Crippen LogP contribution in [0.5, 0.6) is 0 Å². The maximum Gasteiger partial charge on any atom is 0.339 e. The van der Waals surface area contributed by atoms with E-state index in [0.29, 0.717) is 6.42 Å². The molecule has 2 saturated heterocycles. The number of allylic oxidation sites excluding steroid dienone is 2. The highest BCUT2D eigenvalue weighted by atomic mass is 16.6. The molecule has 3 aliphatic rings. The minimum atomic E-state index is -1.32. The summed E-state index contributed by atoms with van der Waals surface area (Å²) in [7, 11) is 0. The predicted octanol–water partition coefficient (Wildman–Crippen LogP) is 0.690. The molecule has 0 bridgehead atoms. The molecular weight excluding hydrogens is 258 g/mol. The number of fused-ring (bicyclic) bond motifs is 1. The van der Waals surface area contributed by atoms with E-state index in [1.807, 2.05) is 31.2 Å². The Hall–Kier alpha value is -1.62. The smallest absolute Gasteiger partial charge is 0.339 e. The number of hydrogen-bond acceptors (Lipinski definition) is 4. The van der Waals surface area contributed by atoms with Gasteiger partial charge < -0.3 is 15.2 Å². The lowest BCUT2D eigenvalue weighted by Crippen LogP contribution is -2.79. The summed E-state index contributed by atoms with van der Waals surface area (Å²) in [6.07, 6.45) is 8.01. The molecule has 4 atom stereocenters. The number of ether oxygens (including phenoxy) is 1. The Morgan fingerprint density at radius 2 is 2.10 bits per heavy atom. The summed E-state index contributed by atoms with van der Waals surface area (Å²) in [5, 5.41) is 13.4. The summed E-state index contributed by atoms with van der Waals surface area (Å²) in [5.74, 6) is -1.45. The lowest BCUT2D eigenvalue weighted by atomic mass is 9.65. The molecule has 1 unspecified atom stereocenters. The molecule has 0 saturated carbocycles. The van der Waals surface area contributed by atoms with Crippen LogP contribution in [0.1, 0.15) is 26.7 Å². The van der Waals surface area contributed by atoms with Gasteiger partial charge in [0.05, 0.1) is 5.92 Å². The quantitative estimate of drug-likeness (QED) is 0.588. The third kappa shape index (κ3) is 1.36. The van der Waals surface area contributed by atoms with Crippen molar-refractivity contribution in [3.63, 3.8) is 0 Å². The van der Waals surface area contributed by atoms with Crippen molar-refractivity contribution in [2.75, 3.05) is 0 Å². The summed E-state index contributed by atoms with van der Waals surface area (Å²) in [5.41, 5.74) is -2.28. The highest BCUT2D eigenvalue weighted by Crippen LogP contribution is 2.52. The Morgan fingerprint density at radius 1 is 1.45 bits per heavy atom. The van der Waals surface area contributed by atoms with E-state index in [0.717, 1.165) is 6.42 Å². The van der Waals surface area contributed by atoms with Crippen LogP contribution >= 0.6 is 0 Å². The molecule has 2 fully saturated rings. The molecule has 5 nitrogen and oxygen atoms in total. The van der Waals surface area contributed by atoms with Gasteiger partial charge in [0.15, 0.2) is 5.60 Å². The van der Waals surface area contributed by atoms with Crippen LogP contribution in [0.2, 0.25) is 0 Å². The first-order valence-electron chi connectivity index (χ1n) is 7.04. The van der Waals surface area contributed by atoms with Gasteiger partial charge in [-0.2, -0.15) is 0 Å². The minimum Gasteiger partial charge on any atom is -0.453 e. The number of hydrogen-bond donors (Lipinski definition) is 2. The molecule has 0 aromatic carbocycles. The first-order valence-corrected chi connectivity index (χ1v) is 7.04. The molecule has 1 aliphatic carbocycles. The van der Waals surface area contributed by atoms with E-state index >= 15 is 0 Å². The van der Waals surface area contributed by atoms with Crippen LogP contribution in [0.4, 0.5) is 0 Å². The van der Waals surface area contributed by atoms with Crippen LogP contribution in [-0.4, -0.2) is 34.2 Å². The van der Waals surface area contributed by atoms with Crippen LogP contribution in [0.25, 0.3) is 0 Å². The summed E-state index contributed by atoms with van der Waals surface area (Å²) in [4.78, 5) is 24.2. The van der Waals surface area contributed by atoms with Crippen LogP contribution in [-0.2, 0) is 14.3 Å². The monoisotopic (exact) mass is 277 g/mol. The third-order valence-electron chi connectivity index (χ3n) is 4.92. The lowest BCUT2D eigenvalue weighted by molar-refractivity contribution is -0.236. The van der Waals surface area contributed by atoms with Gasteiger partial charge in [0.25, 0.3) is 0 Å². The maximum atomic E-state index is 12.1. The molecule has 108 valence electrons. The van der Waals surface area contributed by atoms with Crippen LogP contribution in [0.15, 0.2) is 24.3 Å². The fourth-order valence-electron chi connectivity index (χ4n) is 3.74. The SMILES string of the molecule is CCC1C(=O)N[C@@]2([C@@H](O)C3C=CCC=C3)C(=O)O[C@@]12C. The Labute approximate surface area is 117 Å². The standard InChI is InChI=1S/C15H19NO4/c1-3-10-12(18)16-15(13(19)20-14(10,15)2)11(17)9-7-5-4-6-8-9/h5-11,17H,3-4H2,1-2H3,(H,16,18)/t10?,11-,14-,15-/m0/s1. The fraction of sp³-hybridized carbons (Fsp3) is 0.600. The Kier molecular flexibility index (Phi) is 2.80. The second-order valence-corrected chi connectivity index (χ2v) is 5.87. The Morgan fingerprint density at radius 3 is 2.65 bits per heavy atom. The number of rotatable bonds is 3. The van der Waals surface area contributed by atoms with E-state index in [2.05, 4.69) is 5.32 Å². The molecule has 2 aliphatic heterocycles. The third-order valence-corrected chi connectivity index (χ3v) is 4.92. The molecule has 5 heteroatoms. The molecule has 20 heavy (non-hydrogen) atoms. The second-order valence-electron chi connectivity index (χ2n) is 5.87. The molecule has 2 heterocycles. The first kappa shape index (κ1) is 13.4. The van der Waals surface area contributed by atoms with Crippen molar-refractivity contribution >= 4 is 11.9 Å². The highest BCUT2D eigenvalue weighted by Gasteiger charge is 2.79.